The van der Waals surface area contributed by atoms with Gasteiger partial charge in [-0.25, -0.2) is 4.98 Å². The molecule has 0 aliphatic rings. The number of carbonyl (C=O) groups excluding carboxylic acids is 1. The lowest BCUT2D eigenvalue weighted by molar-refractivity contribution is -0.130. The van der Waals surface area contributed by atoms with Crippen molar-refractivity contribution in [2.24, 2.45) is 0 Å². The number of methoxy groups -OCH3 is 1. The Morgan fingerprint density at radius 2 is 1.83 bits per heavy atom. The highest BCUT2D eigenvalue weighted by Gasteiger charge is 2.15. The summed E-state index contributed by atoms with van der Waals surface area (Å²) in [6.45, 7) is 7.21. The molecular formula is C24H26N2O3S. The molecule has 0 saturated carbocycles. The van der Waals surface area contributed by atoms with Crippen LogP contribution in [-0.4, -0.2) is 29.4 Å². The highest BCUT2D eigenvalue weighted by atomic mass is 32.1. The van der Waals surface area contributed by atoms with Crippen molar-refractivity contribution >= 4 is 17.2 Å². The molecule has 3 rings (SSSR count). The highest BCUT2D eigenvalue weighted by Crippen LogP contribution is 2.18. The fourth-order valence-corrected chi connectivity index (χ4v) is 3.61. The van der Waals surface area contributed by atoms with Crippen molar-refractivity contribution in [3.05, 3.63) is 88.4 Å². The minimum absolute atomic E-state index is 0.0158. The Morgan fingerprint density at radius 1 is 1.13 bits per heavy atom. The van der Waals surface area contributed by atoms with Gasteiger partial charge in [-0.05, 0) is 36.8 Å². The number of hydrogen-bond acceptors (Lipinski definition) is 5. The van der Waals surface area contributed by atoms with Gasteiger partial charge in [0.2, 0.25) is 5.91 Å². The van der Waals surface area contributed by atoms with Gasteiger partial charge in [-0.3, -0.25) is 4.79 Å². The van der Waals surface area contributed by atoms with Gasteiger partial charge in [-0.1, -0.05) is 35.9 Å². The molecule has 0 unspecified atom stereocenters. The van der Waals surface area contributed by atoms with Crippen LogP contribution in [0.5, 0.6) is 11.5 Å². The van der Waals surface area contributed by atoms with Crippen LogP contribution in [0.1, 0.15) is 21.8 Å². The summed E-state index contributed by atoms with van der Waals surface area (Å²) in [4.78, 5) is 19.2. The molecule has 1 heterocycles. The SMILES string of the molecule is C=CCN(Cc1ccc(OC)cc1)C(=O)Cc1csc(COc2ccc(C)cc2)n1. The van der Waals surface area contributed by atoms with E-state index >= 15 is 0 Å². The van der Waals surface area contributed by atoms with Crippen molar-refractivity contribution < 1.29 is 14.3 Å². The summed E-state index contributed by atoms with van der Waals surface area (Å²) in [5.74, 6) is 1.62. The maximum Gasteiger partial charge on any atom is 0.229 e. The van der Waals surface area contributed by atoms with Crippen LogP contribution < -0.4 is 9.47 Å². The third-order valence-corrected chi connectivity index (χ3v) is 5.42. The number of benzene rings is 2. The van der Waals surface area contributed by atoms with E-state index in [4.69, 9.17) is 9.47 Å². The Morgan fingerprint density at radius 3 is 2.50 bits per heavy atom. The van der Waals surface area contributed by atoms with Crippen LogP contribution in [0.3, 0.4) is 0 Å². The maximum absolute atomic E-state index is 12.8. The van der Waals surface area contributed by atoms with E-state index in [0.717, 1.165) is 27.8 Å². The van der Waals surface area contributed by atoms with Crippen molar-refractivity contribution in [2.45, 2.75) is 26.5 Å². The average molecular weight is 423 g/mol. The fourth-order valence-electron chi connectivity index (χ4n) is 2.90. The van der Waals surface area contributed by atoms with Crippen molar-refractivity contribution in [3.8, 4) is 11.5 Å². The molecule has 0 fully saturated rings. The van der Waals surface area contributed by atoms with E-state index in [-0.39, 0.29) is 12.3 Å². The molecule has 3 aromatic rings. The molecule has 0 saturated heterocycles. The zero-order valence-electron chi connectivity index (χ0n) is 17.3. The van der Waals surface area contributed by atoms with Crippen LogP contribution in [0.4, 0.5) is 0 Å². The second kappa shape index (κ2) is 10.6. The van der Waals surface area contributed by atoms with E-state index in [9.17, 15) is 4.79 Å². The number of amides is 1. The Bertz CT molecular complexity index is 965. The number of aryl methyl sites for hydroxylation is 1. The Balaban J connectivity index is 1.57. The fraction of sp³-hybridized carbons (Fsp3) is 0.250. The first kappa shape index (κ1) is 21.6. The molecule has 30 heavy (non-hydrogen) atoms. The maximum atomic E-state index is 12.8. The molecule has 0 aliphatic carbocycles. The second-order valence-corrected chi connectivity index (χ2v) is 7.86. The Labute approximate surface area is 181 Å². The number of carbonyl (C=O) groups is 1. The van der Waals surface area contributed by atoms with Gasteiger partial charge in [0.05, 0.1) is 19.2 Å². The smallest absolute Gasteiger partial charge is 0.229 e. The van der Waals surface area contributed by atoms with Crippen LogP contribution in [-0.2, 0) is 24.4 Å². The molecule has 1 amide bonds. The van der Waals surface area contributed by atoms with Crippen molar-refractivity contribution in [1.82, 2.24) is 9.88 Å². The molecule has 5 nitrogen and oxygen atoms in total. The summed E-state index contributed by atoms with van der Waals surface area (Å²) >= 11 is 1.51. The molecule has 0 spiro atoms. The Hall–Kier alpha value is -3.12. The lowest BCUT2D eigenvalue weighted by atomic mass is 10.2. The third-order valence-electron chi connectivity index (χ3n) is 4.55. The molecule has 0 aliphatic heterocycles. The molecule has 1 aromatic heterocycles. The van der Waals surface area contributed by atoms with Crippen LogP contribution >= 0.6 is 11.3 Å². The van der Waals surface area contributed by atoms with Gasteiger partial charge in [-0.15, -0.1) is 17.9 Å². The van der Waals surface area contributed by atoms with Gasteiger partial charge in [-0.2, -0.15) is 0 Å². The molecular weight excluding hydrogens is 396 g/mol. The number of thiazole rings is 1. The number of rotatable bonds is 10. The highest BCUT2D eigenvalue weighted by molar-refractivity contribution is 7.09. The third kappa shape index (κ3) is 6.19. The van der Waals surface area contributed by atoms with Gasteiger partial charge in [0.15, 0.2) is 0 Å². The summed E-state index contributed by atoms with van der Waals surface area (Å²) in [6.07, 6.45) is 1.99. The summed E-state index contributed by atoms with van der Waals surface area (Å²) in [5, 5.41) is 2.77. The summed E-state index contributed by atoms with van der Waals surface area (Å²) in [5.41, 5.74) is 2.99. The number of hydrogen-bond donors (Lipinski definition) is 0. The van der Waals surface area contributed by atoms with Crippen molar-refractivity contribution in [2.75, 3.05) is 13.7 Å². The quantitative estimate of drug-likeness (QED) is 0.441. The molecule has 0 atom stereocenters. The first-order valence-electron chi connectivity index (χ1n) is 9.71. The zero-order chi connectivity index (χ0) is 21.3. The molecule has 2 aromatic carbocycles. The van der Waals surface area contributed by atoms with Crippen LogP contribution in [0.25, 0.3) is 0 Å². The summed E-state index contributed by atoms with van der Waals surface area (Å²) < 4.78 is 11.0. The standard InChI is InChI=1S/C24H26N2O3S/c1-4-13-26(15-19-7-11-21(28-3)12-8-19)24(27)14-20-17-30-23(25-20)16-29-22-9-5-18(2)6-10-22/h4-12,17H,1,13-16H2,2-3H3. The molecule has 0 N–H and O–H groups in total. The number of nitrogens with zero attached hydrogens (tertiary/aromatic N) is 2. The monoisotopic (exact) mass is 422 g/mol. The van der Waals surface area contributed by atoms with Crippen LogP contribution in [0.15, 0.2) is 66.6 Å². The zero-order valence-corrected chi connectivity index (χ0v) is 18.2. The lowest BCUT2D eigenvalue weighted by Gasteiger charge is -2.21. The molecule has 156 valence electrons. The predicted molar refractivity (Wildman–Crippen MR) is 120 cm³/mol. The van der Waals surface area contributed by atoms with E-state index in [1.165, 1.54) is 16.9 Å². The predicted octanol–water partition coefficient (Wildman–Crippen LogP) is 4.80. The van der Waals surface area contributed by atoms with Crippen LogP contribution in [0.2, 0.25) is 0 Å². The first-order chi connectivity index (χ1) is 14.6. The lowest BCUT2D eigenvalue weighted by Crippen LogP contribution is -2.32. The van der Waals surface area contributed by atoms with E-state index in [1.54, 1.807) is 18.1 Å². The van der Waals surface area contributed by atoms with E-state index in [1.807, 2.05) is 60.8 Å². The largest absolute Gasteiger partial charge is 0.497 e. The second-order valence-electron chi connectivity index (χ2n) is 6.92. The normalized spacial score (nSPS) is 10.5. The van der Waals surface area contributed by atoms with Gasteiger partial charge < -0.3 is 14.4 Å². The van der Waals surface area contributed by atoms with Gasteiger partial charge in [0, 0.05) is 18.5 Å². The average Bonchev–Trinajstić information content (AvgIpc) is 3.21. The Kier molecular flexibility index (Phi) is 7.63. The number of ether oxygens (including phenoxy) is 2. The molecule has 0 bridgehead atoms. The van der Waals surface area contributed by atoms with Gasteiger partial charge in [0.1, 0.15) is 23.1 Å². The number of aromatic nitrogens is 1. The van der Waals surface area contributed by atoms with Gasteiger partial charge >= 0.3 is 0 Å². The first-order valence-corrected chi connectivity index (χ1v) is 10.6. The topological polar surface area (TPSA) is 51.7 Å². The molecule has 0 radical (unpaired) electrons. The van der Waals surface area contributed by atoms with Crippen molar-refractivity contribution in [3.63, 3.8) is 0 Å². The minimum Gasteiger partial charge on any atom is -0.497 e. The molecule has 6 heteroatoms. The van der Waals surface area contributed by atoms with E-state index in [0.29, 0.717) is 19.7 Å². The minimum atomic E-state index is 0.0158. The van der Waals surface area contributed by atoms with E-state index < -0.39 is 0 Å². The summed E-state index contributed by atoms with van der Waals surface area (Å²) in [7, 11) is 1.64. The van der Waals surface area contributed by atoms with E-state index in [2.05, 4.69) is 11.6 Å². The van der Waals surface area contributed by atoms with Gasteiger partial charge in [0.25, 0.3) is 0 Å². The summed E-state index contributed by atoms with van der Waals surface area (Å²) in [6, 6.07) is 15.6. The van der Waals surface area contributed by atoms with Crippen molar-refractivity contribution in [1.29, 1.82) is 0 Å². The van der Waals surface area contributed by atoms with Crippen LogP contribution in [0, 0.1) is 6.92 Å².